The van der Waals surface area contributed by atoms with Gasteiger partial charge in [0.05, 0.1) is 12.5 Å². The van der Waals surface area contributed by atoms with Crippen LogP contribution in [0.3, 0.4) is 0 Å². The molecular formula is C21H32N4O3. The van der Waals surface area contributed by atoms with Gasteiger partial charge in [-0.1, -0.05) is 19.1 Å². The van der Waals surface area contributed by atoms with E-state index in [0.29, 0.717) is 25.3 Å². The molecule has 0 unspecified atom stereocenters. The van der Waals surface area contributed by atoms with Crippen LogP contribution in [0.5, 0.6) is 0 Å². The maximum absolute atomic E-state index is 12.1. The van der Waals surface area contributed by atoms with E-state index in [0.717, 1.165) is 43.9 Å². The number of ether oxygens (including phenoxy) is 1. The Morgan fingerprint density at radius 3 is 2.61 bits per heavy atom. The Morgan fingerprint density at radius 1 is 1.21 bits per heavy atom. The first-order valence-electron chi connectivity index (χ1n) is 10.1. The second-order valence-corrected chi connectivity index (χ2v) is 6.87. The van der Waals surface area contributed by atoms with Crippen LogP contribution in [-0.2, 0) is 16.1 Å². The number of guanidine groups is 1. The Hall–Kier alpha value is -2.57. The lowest BCUT2D eigenvalue weighted by Gasteiger charge is -2.33. The molecule has 2 N–H and O–H groups in total. The number of nitrogens with zero attached hydrogens (tertiary/aromatic N) is 2. The molecule has 0 saturated carbocycles. The highest BCUT2D eigenvalue weighted by molar-refractivity contribution is 5.94. The largest absolute Gasteiger partial charge is 0.466 e. The van der Waals surface area contributed by atoms with Gasteiger partial charge in [-0.3, -0.25) is 14.6 Å². The highest BCUT2D eigenvalue weighted by Gasteiger charge is 2.27. The molecule has 0 atom stereocenters. The summed E-state index contributed by atoms with van der Waals surface area (Å²) < 4.78 is 5.13. The molecule has 0 bridgehead atoms. The SMILES string of the molecule is CCCNC(=O)c1cccc(CNC(=NC)N2CCC(C(=O)OCC)CC2)c1. The summed E-state index contributed by atoms with van der Waals surface area (Å²) in [5.41, 5.74) is 1.68. The van der Waals surface area contributed by atoms with Crippen molar-refractivity contribution < 1.29 is 14.3 Å². The van der Waals surface area contributed by atoms with Crippen LogP contribution < -0.4 is 10.6 Å². The third-order valence-corrected chi connectivity index (χ3v) is 4.80. The van der Waals surface area contributed by atoms with Gasteiger partial charge in [0.1, 0.15) is 0 Å². The molecule has 154 valence electrons. The van der Waals surface area contributed by atoms with E-state index < -0.39 is 0 Å². The Balaban J connectivity index is 1.88. The monoisotopic (exact) mass is 388 g/mol. The first-order chi connectivity index (χ1) is 13.6. The molecule has 7 nitrogen and oxygen atoms in total. The Bertz CT molecular complexity index is 682. The van der Waals surface area contributed by atoms with Crippen molar-refractivity contribution in [2.24, 2.45) is 10.9 Å². The molecule has 1 aliphatic heterocycles. The van der Waals surface area contributed by atoms with E-state index >= 15 is 0 Å². The number of esters is 1. The van der Waals surface area contributed by atoms with Crippen LogP contribution in [0.2, 0.25) is 0 Å². The molecule has 1 aliphatic rings. The van der Waals surface area contributed by atoms with E-state index in [4.69, 9.17) is 4.74 Å². The van der Waals surface area contributed by atoms with Gasteiger partial charge in [0.2, 0.25) is 0 Å². The number of carbonyl (C=O) groups is 2. The molecule has 1 amide bonds. The zero-order valence-electron chi connectivity index (χ0n) is 17.2. The summed E-state index contributed by atoms with van der Waals surface area (Å²) in [6, 6.07) is 7.61. The molecule has 1 saturated heterocycles. The third-order valence-electron chi connectivity index (χ3n) is 4.80. The quantitative estimate of drug-likeness (QED) is 0.425. The number of hydrogen-bond donors (Lipinski definition) is 2. The molecule has 0 aromatic heterocycles. The van der Waals surface area contributed by atoms with Crippen LogP contribution in [0.15, 0.2) is 29.3 Å². The topological polar surface area (TPSA) is 83.0 Å². The molecule has 7 heteroatoms. The molecule has 1 aromatic carbocycles. The van der Waals surface area contributed by atoms with E-state index in [1.165, 1.54) is 0 Å². The number of amides is 1. The molecule has 0 spiro atoms. The number of benzene rings is 1. The van der Waals surface area contributed by atoms with Crippen LogP contribution in [0, 0.1) is 5.92 Å². The molecular weight excluding hydrogens is 356 g/mol. The second kappa shape index (κ2) is 11.3. The fourth-order valence-corrected chi connectivity index (χ4v) is 3.26. The van der Waals surface area contributed by atoms with Gasteiger partial charge >= 0.3 is 5.97 Å². The highest BCUT2D eigenvalue weighted by atomic mass is 16.5. The molecule has 1 fully saturated rings. The number of rotatable bonds is 7. The number of likely N-dealkylation sites (tertiary alicyclic amines) is 1. The average Bonchev–Trinajstić information content (AvgIpc) is 2.73. The molecule has 28 heavy (non-hydrogen) atoms. The van der Waals surface area contributed by atoms with Crippen molar-refractivity contribution in [1.29, 1.82) is 0 Å². The van der Waals surface area contributed by atoms with Crippen LogP contribution in [0.25, 0.3) is 0 Å². The van der Waals surface area contributed by atoms with Crippen molar-refractivity contribution in [2.45, 2.75) is 39.7 Å². The van der Waals surface area contributed by atoms with Crippen molar-refractivity contribution in [2.75, 3.05) is 33.3 Å². The lowest BCUT2D eigenvalue weighted by molar-refractivity contribution is -0.149. The molecule has 0 aliphatic carbocycles. The van der Waals surface area contributed by atoms with Gasteiger partial charge in [-0.25, -0.2) is 0 Å². The van der Waals surface area contributed by atoms with Gasteiger partial charge in [0.25, 0.3) is 5.91 Å². The summed E-state index contributed by atoms with van der Waals surface area (Å²) in [6.07, 6.45) is 2.45. The Kier molecular flexibility index (Phi) is 8.78. The maximum atomic E-state index is 12.1. The predicted octanol–water partition coefficient (Wildman–Crippen LogP) is 2.18. The van der Waals surface area contributed by atoms with Gasteiger partial charge in [0.15, 0.2) is 5.96 Å². The van der Waals surface area contributed by atoms with Crippen molar-refractivity contribution in [3.8, 4) is 0 Å². The Morgan fingerprint density at radius 2 is 1.96 bits per heavy atom. The second-order valence-electron chi connectivity index (χ2n) is 6.87. The van der Waals surface area contributed by atoms with Crippen LogP contribution in [0.4, 0.5) is 0 Å². The number of hydrogen-bond acceptors (Lipinski definition) is 4. The lowest BCUT2D eigenvalue weighted by atomic mass is 9.97. The summed E-state index contributed by atoms with van der Waals surface area (Å²) in [7, 11) is 1.76. The zero-order valence-corrected chi connectivity index (χ0v) is 17.2. The molecule has 0 radical (unpaired) electrons. The molecule has 2 rings (SSSR count). The van der Waals surface area contributed by atoms with Gasteiger partial charge in [-0.2, -0.15) is 0 Å². The van der Waals surface area contributed by atoms with Crippen molar-refractivity contribution in [3.05, 3.63) is 35.4 Å². The van der Waals surface area contributed by atoms with E-state index in [1.807, 2.05) is 38.1 Å². The fraction of sp³-hybridized carbons (Fsp3) is 0.571. The summed E-state index contributed by atoms with van der Waals surface area (Å²) in [6.45, 7) is 7.08. The predicted molar refractivity (Wildman–Crippen MR) is 110 cm³/mol. The number of nitrogens with one attached hydrogen (secondary N) is 2. The van der Waals surface area contributed by atoms with Gasteiger partial charge in [-0.05, 0) is 43.9 Å². The minimum absolute atomic E-state index is 0.0207. The lowest BCUT2D eigenvalue weighted by Crippen LogP contribution is -2.46. The van der Waals surface area contributed by atoms with Gasteiger partial charge < -0.3 is 20.3 Å². The van der Waals surface area contributed by atoms with Crippen LogP contribution in [0.1, 0.15) is 49.0 Å². The summed E-state index contributed by atoms with van der Waals surface area (Å²) in [5, 5.41) is 6.26. The van der Waals surface area contributed by atoms with E-state index in [9.17, 15) is 9.59 Å². The molecule has 1 heterocycles. The van der Waals surface area contributed by atoms with E-state index in [2.05, 4.69) is 20.5 Å². The summed E-state index contributed by atoms with van der Waals surface area (Å²) in [4.78, 5) is 30.5. The minimum atomic E-state index is -0.0942. The van der Waals surface area contributed by atoms with E-state index in [-0.39, 0.29) is 17.8 Å². The minimum Gasteiger partial charge on any atom is -0.466 e. The zero-order chi connectivity index (χ0) is 20.4. The third kappa shape index (κ3) is 6.25. The number of aliphatic imine (C=N–C) groups is 1. The van der Waals surface area contributed by atoms with E-state index in [1.54, 1.807) is 7.05 Å². The Labute approximate surface area is 167 Å². The fourth-order valence-electron chi connectivity index (χ4n) is 3.26. The maximum Gasteiger partial charge on any atom is 0.309 e. The first kappa shape index (κ1) is 21.7. The molecule has 1 aromatic rings. The standard InChI is InChI=1S/C21H32N4O3/c1-4-11-23-19(26)18-8-6-7-16(14-18)15-24-21(22-3)25-12-9-17(10-13-25)20(27)28-5-2/h6-8,14,17H,4-5,9-13,15H2,1-3H3,(H,22,24)(H,23,26). The summed E-state index contributed by atoms with van der Waals surface area (Å²) >= 11 is 0. The van der Waals surface area contributed by atoms with Crippen molar-refractivity contribution in [3.63, 3.8) is 0 Å². The van der Waals surface area contributed by atoms with Gasteiger partial charge in [0, 0.05) is 38.8 Å². The smallest absolute Gasteiger partial charge is 0.309 e. The highest BCUT2D eigenvalue weighted by Crippen LogP contribution is 2.19. The number of piperidine rings is 1. The van der Waals surface area contributed by atoms with Crippen molar-refractivity contribution >= 4 is 17.8 Å². The van der Waals surface area contributed by atoms with Crippen molar-refractivity contribution in [1.82, 2.24) is 15.5 Å². The first-order valence-corrected chi connectivity index (χ1v) is 10.1. The summed E-state index contributed by atoms with van der Waals surface area (Å²) in [5.74, 6) is 0.646. The normalized spacial score (nSPS) is 15.2. The number of carbonyl (C=O) groups excluding carboxylic acids is 2. The van der Waals surface area contributed by atoms with Crippen LogP contribution >= 0.6 is 0 Å². The van der Waals surface area contributed by atoms with Gasteiger partial charge in [-0.15, -0.1) is 0 Å². The average molecular weight is 389 g/mol. The van der Waals surface area contributed by atoms with Crippen LogP contribution in [-0.4, -0.2) is 56.0 Å².